The summed E-state index contributed by atoms with van der Waals surface area (Å²) in [6.45, 7) is 9.80. The monoisotopic (exact) mass is 640 g/mol. The van der Waals surface area contributed by atoms with Crippen molar-refractivity contribution < 1.29 is 75.4 Å². The van der Waals surface area contributed by atoms with Crippen LogP contribution in [-0.2, 0) is 75.4 Å². The molecule has 0 aliphatic carbocycles. The van der Waals surface area contributed by atoms with Crippen molar-refractivity contribution in [3.05, 3.63) is 0 Å². The summed E-state index contributed by atoms with van der Waals surface area (Å²) < 4.78 is 83.3. The summed E-state index contributed by atoms with van der Waals surface area (Å²) in [6, 6.07) is 0. The normalized spacial score (nSPS) is 38.1. The molecule has 0 bridgehead atoms. The molecule has 0 aromatic carbocycles. The van der Waals surface area contributed by atoms with E-state index >= 15 is 0 Å². The Balaban J connectivity index is 1.66. The molecule has 0 N–H and O–H groups in total. The summed E-state index contributed by atoms with van der Waals surface area (Å²) in [5.41, 5.74) is -1.46. The molecule has 4 saturated heterocycles. The van der Waals surface area contributed by atoms with Crippen LogP contribution in [0.5, 0.6) is 0 Å². The number of esters is 3. The van der Waals surface area contributed by atoms with Crippen molar-refractivity contribution in [3.8, 4) is 0 Å². The van der Waals surface area contributed by atoms with Crippen molar-refractivity contribution in [1.29, 1.82) is 0 Å². The Kier molecular flexibility index (Phi) is 10.3. The van der Waals surface area contributed by atoms with Gasteiger partial charge in [-0.05, 0) is 27.7 Å². The highest BCUT2D eigenvalue weighted by Gasteiger charge is 2.62. The first-order chi connectivity index (χ1) is 20.0. The van der Waals surface area contributed by atoms with Crippen LogP contribution in [-0.4, -0.2) is 118 Å². The van der Waals surface area contributed by atoms with Gasteiger partial charge in [-0.1, -0.05) is 0 Å². The van der Waals surface area contributed by atoms with E-state index in [0.29, 0.717) is 0 Å². The fraction of sp³-hybridized carbons (Fsp3) is 0.885. The zero-order valence-electron chi connectivity index (χ0n) is 25.7. The Morgan fingerprint density at radius 2 is 1.26 bits per heavy atom. The number of hydrogen-bond donors (Lipinski definition) is 0. The molecule has 0 amide bonds. The molecular formula is C26H41O16P. The first-order valence-electron chi connectivity index (χ1n) is 13.8. The van der Waals surface area contributed by atoms with Gasteiger partial charge >= 0.3 is 25.5 Å². The summed E-state index contributed by atoms with van der Waals surface area (Å²) in [5, 5.41) is 0. The Labute approximate surface area is 249 Å². The van der Waals surface area contributed by atoms with E-state index in [1.807, 2.05) is 0 Å². The van der Waals surface area contributed by atoms with Gasteiger partial charge in [-0.15, -0.1) is 0 Å². The minimum absolute atomic E-state index is 0.229. The molecule has 16 nitrogen and oxygen atoms in total. The number of ether oxygens (including phenoxy) is 10. The second-order valence-corrected chi connectivity index (χ2v) is 13.8. The predicted molar refractivity (Wildman–Crippen MR) is 140 cm³/mol. The van der Waals surface area contributed by atoms with Crippen LogP contribution in [0.2, 0.25) is 0 Å². The second-order valence-electron chi connectivity index (χ2n) is 11.4. The quantitative estimate of drug-likeness (QED) is 0.190. The van der Waals surface area contributed by atoms with E-state index in [4.69, 9.17) is 56.4 Å². The lowest BCUT2D eigenvalue weighted by Gasteiger charge is -2.46. The third-order valence-electron chi connectivity index (χ3n) is 7.22. The molecule has 17 heteroatoms. The number of hydrogen-bond acceptors (Lipinski definition) is 16. The van der Waals surface area contributed by atoms with Gasteiger partial charge in [0, 0.05) is 35.0 Å². The maximum atomic E-state index is 13.9. The maximum absolute atomic E-state index is 13.9. The van der Waals surface area contributed by atoms with Gasteiger partial charge in [0.15, 0.2) is 42.0 Å². The molecule has 0 unspecified atom stereocenters. The van der Waals surface area contributed by atoms with Crippen molar-refractivity contribution in [2.45, 2.75) is 121 Å². The van der Waals surface area contributed by atoms with Gasteiger partial charge in [0.05, 0.1) is 6.61 Å². The first-order valence-corrected chi connectivity index (χ1v) is 15.4. The van der Waals surface area contributed by atoms with Crippen LogP contribution >= 0.6 is 7.60 Å². The molecule has 10 atom stereocenters. The molecule has 4 rings (SSSR count). The van der Waals surface area contributed by atoms with Crippen molar-refractivity contribution in [2.75, 3.05) is 27.4 Å². The van der Waals surface area contributed by atoms with Gasteiger partial charge in [-0.2, -0.15) is 0 Å². The first kappa shape index (κ1) is 34.2. The van der Waals surface area contributed by atoms with Gasteiger partial charge < -0.3 is 56.4 Å². The molecule has 4 fully saturated rings. The molecule has 0 radical (unpaired) electrons. The summed E-state index contributed by atoms with van der Waals surface area (Å²) >= 11 is 0. The standard InChI is InChI=1S/C26H41O16P/c1-12(27)33-10-15-17(35-13(2)28)20(36-14(3)29)22(43(30,31-8)32-9)24(38-15)34-11-16-18-19(40-25(4,5)39-18)21-23(37-16)42-26(6,7)41-21/h15-24H,10-11H2,1-9H3/t15-,16-,17-,18+,19+,20+,21-,22-,23+,24-/m1/s1. The minimum Gasteiger partial charge on any atom is -0.463 e. The highest BCUT2D eigenvalue weighted by atomic mass is 31.2. The largest absolute Gasteiger partial charge is 0.463 e. The minimum atomic E-state index is -4.19. The molecule has 0 saturated carbocycles. The van der Waals surface area contributed by atoms with Gasteiger partial charge in [0.25, 0.3) is 0 Å². The number of carbonyl (C=O) groups is 3. The second kappa shape index (κ2) is 12.9. The lowest BCUT2D eigenvalue weighted by Crippen LogP contribution is -2.62. The van der Waals surface area contributed by atoms with Crippen LogP contribution in [0.1, 0.15) is 48.5 Å². The summed E-state index contributed by atoms with van der Waals surface area (Å²) in [6.07, 6.45) is -8.95. The Hall–Kier alpha value is -1.72. The van der Waals surface area contributed by atoms with Crippen molar-refractivity contribution in [1.82, 2.24) is 0 Å². The Bertz CT molecular complexity index is 1090. The molecule has 0 aromatic rings. The van der Waals surface area contributed by atoms with Crippen molar-refractivity contribution in [3.63, 3.8) is 0 Å². The fourth-order valence-corrected chi connectivity index (χ4v) is 7.37. The Morgan fingerprint density at radius 1 is 0.698 bits per heavy atom. The summed E-state index contributed by atoms with van der Waals surface area (Å²) in [5.74, 6) is -4.12. The summed E-state index contributed by atoms with van der Waals surface area (Å²) in [7, 11) is -1.91. The molecule has 4 heterocycles. The van der Waals surface area contributed by atoms with Gasteiger partial charge in [-0.3, -0.25) is 18.9 Å². The number of rotatable bonds is 10. The highest BCUT2D eigenvalue weighted by molar-refractivity contribution is 7.54. The van der Waals surface area contributed by atoms with E-state index < -0.39 is 105 Å². The van der Waals surface area contributed by atoms with E-state index in [-0.39, 0.29) is 6.61 Å². The lowest BCUT2D eigenvalue weighted by atomic mass is 9.99. The van der Waals surface area contributed by atoms with Crippen LogP contribution in [0, 0.1) is 0 Å². The van der Waals surface area contributed by atoms with Crippen molar-refractivity contribution >= 4 is 25.5 Å². The lowest BCUT2D eigenvalue weighted by molar-refractivity contribution is -0.287. The van der Waals surface area contributed by atoms with Crippen LogP contribution < -0.4 is 0 Å². The zero-order chi connectivity index (χ0) is 31.9. The van der Waals surface area contributed by atoms with E-state index in [1.54, 1.807) is 27.7 Å². The zero-order valence-corrected chi connectivity index (χ0v) is 26.6. The highest BCUT2D eigenvalue weighted by Crippen LogP contribution is 2.57. The third-order valence-corrected chi connectivity index (χ3v) is 9.50. The number of carbonyl (C=O) groups excluding carboxylic acids is 3. The molecule has 0 spiro atoms. The SMILES string of the molecule is COP(=O)(OC)[C@H]1[C@H](OC[C@H]2O[C@H]3OC(C)(C)O[C@@H]3[C@H]3OC(C)(C)O[C@H]32)O[C@H](COC(C)=O)[C@@H](OC(C)=O)[C@@H]1OC(C)=O. The summed E-state index contributed by atoms with van der Waals surface area (Å²) in [4.78, 5) is 36.0. The maximum Gasteiger partial charge on any atom is 0.342 e. The average Bonchev–Trinajstić information content (AvgIpc) is 3.40. The van der Waals surface area contributed by atoms with E-state index in [0.717, 1.165) is 28.1 Å². The third kappa shape index (κ3) is 7.57. The topological polar surface area (TPSA) is 179 Å². The van der Waals surface area contributed by atoms with E-state index in [1.165, 1.54) is 6.92 Å². The van der Waals surface area contributed by atoms with Gasteiger partial charge in [0.1, 0.15) is 37.1 Å². The van der Waals surface area contributed by atoms with Crippen LogP contribution in [0.4, 0.5) is 0 Å². The fourth-order valence-electron chi connectivity index (χ4n) is 5.69. The molecular weight excluding hydrogens is 599 g/mol. The molecule has 4 aliphatic heterocycles. The van der Waals surface area contributed by atoms with E-state index in [2.05, 4.69) is 0 Å². The molecule has 0 aromatic heterocycles. The smallest absolute Gasteiger partial charge is 0.342 e. The Morgan fingerprint density at radius 3 is 1.84 bits per heavy atom. The molecule has 246 valence electrons. The van der Waals surface area contributed by atoms with Crippen LogP contribution in [0.3, 0.4) is 0 Å². The van der Waals surface area contributed by atoms with Crippen LogP contribution in [0.25, 0.3) is 0 Å². The van der Waals surface area contributed by atoms with Gasteiger partial charge in [-0.25, -0.2) is 0 Å². The molecule has 43 heavy (non-hydrogen) atoms. The number of fused-ring (bicyclic) bond motifs is 3. The van der Waals surface area contributed by atoms with Crippen molar-refractivity contribution in [2.24, 2.45) is 0 Å². The van der Waals surface area contributed by atoms with Crippen LogP contribution in [0.15, 0.2) is 0 Å². The van der Waals surface area contributed by atoms with Gasteiger partial charge in [0.2, 0.25) is 0 Å². The van der Waals surface area contributed by atoms with E-state index in [9.17, 15) is 18.9 Å². The predicted octanol–water partition coefficient (Wildman–Crippen LogP) is 1.41. The average molecular weight is 641 g/mol. The molecule has 4 aliphatic rings.